The van der Waals surface area contributed by atoms with Crippen LogP contribution in [-0.4, -0.2) is 26.2 Å². The van der Waals surface area contributed by atoms with Gasteiger partial charge in [0.15, 0.2) is 11.0 Å². The highest BCUT2D eigenvalue weighted by Crippen LogP contribution is 2.30. The fourth-order valence-corrected chi connectivity index (χ4v) is 2.55. The van der Waals surface area contributed by atoms with Crippen LogP contribution in [0.25, 0.3) is 0 Å². The largest absolute Gasteiger partial charge is 0.318 e. The summed E-state index contributed by atoms with van der Waals surface area (Å²) in [6, 6.07) is 1.95. The van der Waals surface area contributed by atoms with E-state index in [1.165, 1.54) is 0 Å². The van der Waals surface area contributed by atoms with E-state index in [-0.39, 0.29) is 5.54 Å². The lowest BCUT2D eigenvalue weighted by Gasteiger charge is -2.15. The molecule has 1 atom stereocenters. The van der Waals surface area contributed by atoms with Gasteiger partial charge in [-0.1, -0.05) is 18.7 Å². The Morgan fingerprint density at radius 1 is 1.67 bits per heavy atom. The van der Waals surface area contributed by atoms with Crippen LogP contribution >= 0.6 is 11.8 Å². The smallest absolute Gasteiger partial charge is 0.162 e. The van der Waals surface area contributed by atoms with Gasteiger partial charge in [0.2, 0.25) is 0 Å². The number of hydrogen-bond acceptors (Lipinski definition) is 4. The first-order chi connectivity index (χ1) is 7.11. The summed E-state index contributed by atoms with van der Waals surface area (Å²) in [7, 11) is 1.91. The van der Waals surface area contributed by atoms with Crippen molar-refractivity contribution in [3.8, 4) is 0 Å². The minimum Gasteiger partial charge on any atom is -0.318 e. The van der Waals surface area contributed by atoms with E-state index in [0.717, 1.165) is 23.2 Å². The van der Waals surface area contributed by atoms with E-state index in [9.17, 15) is 0 Å². The van der Waals surface area contributed by atoms with E-state index in [1.54, 1.807) is 16.4 Å². The molecule has 0 spiro atoms. The van der Waals surface area contributed by atoms with Crippen LogP contribution in [0, 0.1) is 0 Å². The molecule has 4 nitrogen and oxygen atoms in total. The second-order valence-corrected chi connectivity index (χ2v) is 5.02. The van der Waals surface area contributed by atoms with Gasteiger partial charge in [0.05, 0.1) is 5.54 Å². The zero-order valence-corrected chi connectivity index (χ0v) is 10.1. The number of hydrogen-bond donors (Lipinski definition) is 1. The standard InChI is InChI=1S/C10H16N4S/c1-4-10(2)7-15-9(12-10)11-8-5-6-14(3)13-8/h5-6H,4,7H2,1-3H3,(H,11,12,13). The van der Waals surface area contributed by atoms with Gasteiger partial charge in [0.25, 0.3) is 0 Å². The van der Waals surface area contributed by atoms with Gasteiger partial charge in [-0.25, -0.2) is 0 Å². The number of nitrogens with one attached hydrogen (secondary N) is 1. The predicted molar refractivity (Wildman–Crippen MR) is 65.4 cm³/mol. The highest BCUT2D eigenvalue weighted by molar-refractivity contribution is 8.14. The zero-order valence-electron chi connectivity index (χ0n) is 9.32. The van der Waals surface area contributed by atoms with Crippen molar-refractivity contribution in [2.75, 3.05) is 11.1 Å². The average Bonchev–Trinajstić information content (AvgIpc) is 2.76. The number of anilines is 1. The molecular formula is C10H16N4S. The van der Waals surface area contributed by atoms with Crippen molar-refractivity contribution in [1.29, 1.82) is 0 Å². The highest BCUT2D eigenvalue weighted by atomic mass is 32.2. The third kappa shape index (κ3) is 2.34. The van der Waals surface area contributed by atoms with Crippen LogP contribution in [0.2, 0.25) is 0 Å². The van der Waals surface area contributed by atoms with E-state index in [0.29, 0.717) is 0 Å². The highest BCUT2D eigenvalue weighted by Gasteiger charge is 2.28. The molecule has 5 heteroatoms. The average molecular weight is 224 g/mol. The molecule has 1 N–H and O–H groups in total. The number of rotatable bonds is 2. The molecule has 0 saturated carbocycles. The summed E-state index contributed by atoms with van der Waals surface area (Å²) < 4.78 is 1.78. The predicted octanol–water partition coefficient (Wildman–Crippen LogP) is 2.10. The van der Waals surface area contributed by atoms with E-state index in [4.69, 9.17) is 0 Å². The molecule has 0 saturated heterocycles. The van der Waals surface area contributed by atoms with Crippen molar-refractivity contribution in [3.63, 3.8) is 0 Å². The Balaban J connectivity index is 2.05. The lowest BCUT2D eigenvalue weighted by molar-refractivity contribution is 0.523. The van der Waals surface area contributed by atoms with Gasteiger partial charge in [0, 0.05) is 25.1 Å². The Kier molecular flexibility index (Phi) is 2.73. The lowest BCUT2D eigenvalue weighted by Crippen LogP contribution is -2.20. The fraction of sp³-hybridized carbons (Fsp3) is 0.600. The van der Waals surface area contributed by atoms with Gasteiger partial charge in [-0.05, 0) is 13.3 Å². The molecule has 15 heavy (non-hydrogen) atoms. The number of nitrogens with zero attached hydrogens (tertiary/aromatic N) is 3. The van der Waals surface area contributed by atoms with Crippen LogP contribution in [0.15, 0.2) is 17.3 Å². The van der Waals surface area contributed by atoms with Crippen molar-refractivity contribution >= 4 is 22.7 Å². The molecule has 0 aromatic carbocycles. The molecule has 0 radical (unpaired) electrons. The molecule has 0 bridgehead atoms. The van der Waals surface area contributed by atoms with Crippen LogP contribution < -0.4 is 5.32 Å². The van der Waals surface area contributed by atoms with Crippen molar-refractivity contribution in [3.05, 3.63) is 12.3 Å². The maximum absolute atomic E-state index is 4.66. The first kappa shape index (κ1) is 10.5. The summed E-state index contributed by atoms with van der Waals surface area (Å²) in [5.74, 6) is 1.92. The summed E-state index contributed by atoms with van der Waals surface area (Å²) in [4.78, 5) is 4.66. The van der Waals surface area contributed by atoms with E-state index < -0.39 is 0 Å². The topological polar surface area (TPSA) is 42.2 Å². The minimum atomic E-state index is 0.0990. The molecule has 1 unspecified atom stereocenters. The molecule has 0 fully saturated rings. The fourth-order valence-electron chi connectivity index (χ4n) is 1.37. The third-order valence-corrected chi connectivity index (χ3v) is 3.83. The normalized spacial score (nSPS) is 25.4. The van der Waals surface area contributed by atoms with Gasteiger partial charge in [0.1, 0.15) is 0 Å². The van der Waals surface area contributed by atoms with Crippen LogP contribution in [-0.2, 0) is 7.05 Å². The Labute approximate surface area is 94.2 Å². The van der Waals surface area contributed by atoms with Gasteiger partial charge in [-0.2, -0.15) is 5.10 Å². The Morgan fingerprint density at radius 2 is 2.47 bits per heavy atom. The maximum Gasteiger partial charge on any atom is 0.162 e. The van der Waals surface area contributed by atoms with Gasteiger partial charge >= 0.3 is 0 Å². The molecule has 0 aliphatic carbocycles. The third-order valence-electron chi connectivity index (χ3n) is 2.60. The Hall–Kier alpha value is -0.970. The molecule has 1 aliphatic rings. The number of aliphatic imine (C=N–C) groups is 1. The number of thioether (sulfide) groups is 1. The number of aromatic nitrogens is 2. The van der Waals surface area contributed by atoms with Gasteiger partial charge in [-0.3, -0.25) is 9.67 Å². The zero-order chi connectivity index (χ0) is 10.9. The van der Waals surface area contributed by atoms with Crippen molar-refractivity contribution in [1.82, 2.24) is 9.78 Å². The molecule has 1 aliphatic heterocycles. The van der Waals surface area contributed by atoms with Crippen molar-refractivity contribution < 1.29 is 0 Å². The van der Waals surface area contributed by atoms with Gasteiger partial charge < -0.3 is 5.32 Å². The quantitative estimate of drug-likeness (QED) is 0.836. The monoisotopic (exact) mass is 224 g/mol. The molecule has 2 heterocycles. The lowest BCUT2D eigenvalue weighted by atomic mass is 10.0. The number of amidine groups is 1. The van der Waals surface area contributed by atoms with E-state index in [1.807, 2.05) is 19.3 Å². The van der Waals surface area contributed by atoms with E-state index in [2.05, 4.69) is 29.3 Å². The first-order valence-corrected chi connectivity index (χ1v) is 6.09. The summed E-state index contributed by atoms with van der Waals surface area (Å²) >= 11 is 1.77. The second kappa shape index (κ2) is 3.89. The molecule has 2 rings (SSSR count). The summed E-state index contributed by atoms with van der Waals surface area (Å²) in [6.45, 7) is 4.36. The Bertz CT molecular complexity index is 385. The van der Waals surface area contributed by atoms with Gasteiger partial charge in [-0.15, -0.1) is 0 Å². The minimum absolute atomic E-state index is 0.0990. The molecule has 82 valence electrons. The number of aryl methyl sites for hydroxylation is 1. The molecular weight excluding hydrogens is 208 g/mol. The second-order valence-electron chi connectivity index (χ2n) is 4.06. The van der Waals surface area contributed by atoms with Crippen LogP contribution in [0.3, 0.4) is 0 Å². The molecule has 0 amide bonds. The van der Waals surface area contributed by atoms with Crippen LogP contribution in [0.1, 0.15) is 20.3 Å². The SMILES string of the molecule is CCC1(C)CSC(Nc2ccn(C)n2)=N1. The van der Waals surface area contributed by atoms with Crippen LogP contribution in [0.4, 0.5) is 5.82 Å². The summed E-state index contributed by atoms with van der Waals surface area (Å²) in [6.07, 6.45) is 2.99. The first-order valence-electron chi connectivity index (χ1n) is 5.11. The van der Waals surface area contributed by atoms with Crippen molar-refractivity contribution in [2.45, 2.75) is 25.8 Å². The maximum atomic E-state index is 4.66. The summed E-state index contributed by atoms with van der Waals surface area (Å²) in [5, 5.41) is 8.48. The van der Waals surface area contributed by atoms with Crippen LogP contribution in [0.5, 0.6) is 0 Å². The van der Waals surface area contributed by atoms with Crippen molar-refractivity contribution in [2.24, 2.45) is 12.0 Å². The molecule has 1 aromatic heterocycles. The summed E-state index contributed by atoms with van der Waals surface area (Å²) in [5.41, 5.74) is 0.0990. The Morgan fingerprint density at radius 3 is 3.00 bits per heavy atom. The molecule has 1 aromatic rings. The van der Waals surface area contributed by atoms with E-state index >= 15 is 0 Å².